The molecule has 0 aliphatic rings. The molecule has 0 aliphatic heterocycles. The minimum atomic E-state index is -1.01. The highest BCUT2D eigenvalue weighted by Crippen LogP contribution is 2.04. The molecule has 0 aromatic heterocycles. The molecule has 0 aromatic rings. The first-order chi connectivity index (χ1) is 6.90. The molecule has 15 heavy (non-hydrogen) atoms. The van der Waals surface area contributed by atoms with Gasteiger partial charge in [-0.2, -0.15) is 0 Å². The zero-order valence-corrected chi connectivity index (χ0v) is 9.56. The van der Waals surface area contributed by atoms with Crippen LogP contribution >= 0.6 is 0 Å². The van der Waals surface area contributed by atoms with Crippen molar-refractivity contribution in [2.24, 2.45) is 11.7 Å². The lowest BCUT2D eigenvalue weighted by Gasteiger charge is -2.25. The third-order valence-corrected chi connectivity index (χ3v) is 2.13. The fourth-order valence-corrected chi connectivity index (χ4v) is 1.20. The quantitative estimate of drug-likeness (QED) is 0.668. The number of amides is 1. The summed E-state index contributed by atoms with van der Waals surface area (Å²) in [7, 11) is 0. The number of rotatable bonds is 6. The molecule has 0 aliphatic carbocycles. The van der Waals surface area contributed by atoms with E-state index in [0.717, 1.165) is 6.42 Å². The molecule has 1 unspecified atom stereocenters. The number of nitrogens with two attached hydrogens (primary N) is 1. The molecule has 5 nitrogen and oxygen atoms in total. The second-order valence-corrected chi connectivity index (χ2v) is 3.92. The molecule has 0 saturated heterocycles. The molecule has 1 amide bonds. The van der Waals surface area contributed by atoms with Gasteiger partial charge in [-0.05, 0) is 12.3 Å². The van der Waals surface area contributed by atoms with Crippen LogP contribution in [0.25, 0.3) is 0 Å². The molecule has 0 radical (unpaired) electrons. The Morgan fingerprint density at radius 2 is 1.93 bits per heavy atom. The van der Waals surface area contributed by atoms with Crippen molar-refractivity contribution in [3.63, 3.8) is 0 Å². The normalized spacial score (nSPS) is 12.6. The summed E-state index contributed by atoms with van der Waals surface area (Å²) in [6.07, 6.45) is 0.726. The van der Waals surface area contributed by atoms with E-state index < -0.39 is 12.0 Å². The summed E-state index contributed by atoms with van der Waals surface area (Å²) in [5.74, 6) is -1.27. The van der Waals surface area contributed by atoms with E-state index in [2.05, 4.69) is 0 Å². The lowest BCUT2D eigenvalue weighted by Crippen LogP contribution is -2.48. The lowest BCUT2D eigenvalue weighted by molar-refractivity contribution is -0.145. The lowest BCUT2D eigenvalue weighted by atomic mass is 10.0. The highest BCUT2D eigenvalue weighted by atomic mass is 16.4. The van der Waals surface area contributed by atoms with Gasteiger partial charge < -0.3 is 15.7 Å². The largest absolute Gasteiger partial charge is 0.480 e. The first kappa shape index (κ1) is 13.9. The maximum Gasteiger partial charge on any atom is 0.323 e. The van der Waals surface area contributed by atoms with Crippen LogP contribution in [0, 0.1) is 5.92 Å². The predicted octanol–water partition coefficient (Wildman–Crippen LogP) is 0.293. The summed E-state index contributed by atoms with van der Waals surface area (Å²) in [5, 5.41) is 8.65. The van der Waals surface area contributed by atoms with Gasteiger partial charge in [-0.15, -0.1) is 0 Å². The second-order valence-electron chi connectivity index (χ2n) is 3.92. The fraction of sp³-hybridized carbons (Fsp3) is 0.800. The van der Waals surface area contributed by atoms with Crippen molar-refractivity contribution in [1.82, 2.24) is 4.90 Å². The number of hydrogen-bond acceptors (Lipinski definition) is 3. The molecule has 88 valence electrons. The molecule has 0 heterocycles. The van der Waals surface area contributed by atoms with Crippen molar-refractivity contribution in [3.8, 4) is 0 Å². The number of carbonyl (C=O) groups is 2. The van der Waals surface area contributed by atoms with Gasteiger partial charge in [0, 0.05) is 6.54 Å². The summed E-state index contributed by atoms with van der Waals surface area (Å²) >= 11 is 0. The van der Waals surface area contributed by atoms with Crippen molar-refractivity contribution in [2.75, 3.05) is 13.1 Å². The van der Waals surface area contributed by atoms with Crippen LogP contribution in [-0.2, 0) is 9.59 Å². The van der Waals surface area contributed by atoms with E-state index in [-0.39, 0.29) is 18.4 Å². The van der Waals surface area contributed by atoms with Crippen molar-refractivity contribution in [2.45, 2.75) is 33.2 Å². The average molecular weight is 216 g/mol. The van der Waals surface area contributed by atoms with Crippen LogP contribution in [0.2, 0.25) is 0 Å². The molecule has 0 fully saturated rings. The zero-order valence-electron chi connectivity index (χ0n) is 9.56. The zero-order chi connectivity index (χ0) is 12.0. The van der Waals surface area contributed by atoms with E-state index in [1.165, 1.54) is 4.90 Å². The first-order valence-electron chi connectivity index (χ1n) is 5.16. The van der Waals surface area contributed by atoms with Gasteiger partial charge in [0.05, 0.1) is 6.04 Å². The van der Waals surface area contributed by atoms with Gasteiger partial charge in [-0.25, -0.2) is 0 Å². The number of aliphatic carboxylic acids is 1. The minimum Gasteiger partial charge on any atom is -0.480 e. The topological polar surface area (TPSA) is 83.6 Å². The van der Waals surface area contributed by atoms with E-state index in [9.17, 15) is 9.59 Å². The van der Waals surface area contributed by atoms with Gasteiger partial charge in [0.1, 0.15) is 6.54 Å². The van der Waals surface area contributed by atoms with Gasteiger partial charge in [0.25, 0.3) is 0 Å². The Bertz CT molecular complexity index is 229. The Hall–Kier alpha value is -1.10. The van der Waals surface area contributed by atoms with Crippen LogP contribution in [-0.4, -0.2) is 41.0 Å². The summed E-state index contributed by atoms with van der Waals surface area (Å²) in [6, 6.07) is -0.615. The third-order valence-electron chi connectivity index (χ3n) is 2.13. The van der Waals surface area contributed by atoms with E-state index >= 15 is 0 Å². The Balaban J connectivity index is 4.47. The Morgan fingerprint density at radius 1 is 1.40 bits per heavy atom. The van der Waals surface area contributed by atoms with Gasteiger partial charge in [-0.1, -0.05) is 20.8 Å². The summed E-state index contributed by atoms with van der Waals surface area (Å²) in [5.41, 5.74) is 5.68. The summed E-state index contributed by atoms with van der Waals surface area (Å²) in [4.78, 5) is 23.6. The van der Waals surface area contributed by atoms with Crippen LogP contribution in [0.5, 0.6) is 0 Å². The van der Waals surface area contributed by atoms with Crippen molar-refractivity contribution < 1.29 is 14.7 Å². The highest BCUT2D eigenvalue weighted by molar-refractivity contribution is 5.85. The number of hydrogen-bond donors (Lipinski definition) is 2. The Labute approximate surface area is 90.2 Å². The molecule has 3 N–H and O–H groups in total. The number of carbonyl (C=O) groups excluding carboxylic acids is 1. The van der Waals surface area contributed by atoms with Gasteiger partial charge in [0.15, 0.2) is 0 Å². The maximum atomic E-state index is 11.7. The van der Waals surface area contributed by atoms with Gasteiger partial charge >= 0.3 is 5.97 Å². The van der Waals surface area contributed by atoms with Gasteiger partial charge in [-0.3, -0.25) is 9.59 Å². The van der Waals surface area contributed by atoms with E-state index in [1.807, 2.05) is 20.8 Å². The summed E-state index contributed by atoms with van der Waals surface area (Å²) < 4.78 is 0. The molecular weight excluding hydrogens is 196 g/mol. The predicted molar refractivity (Wildman–Crippen MR) is 57.3 cm³/mol. The molecule has 0 bridgehead atoms. The second kappa shape index (κ2) is 6.40. The van der Waals surface area contributed by atoms with Crippen LogP contribution in [0.1, 0.15) is 27.2 Å². The maximum absolute atomic E-state index is 11.7. The number of nitrogens with zero attached hydrogens (tertiary/aromatic N) is 1. The van der Waals surface area contributed by atoms with E-state index in [1.54, 1.807) is 0 Å². The number of carboxylic acids is 1. The molecule has 0 aromatic carbocycles. The average Bonchev–Trinajstić information content (AvgIpc) is 2.14. The SMILES string of the molecule is CCCN(CC(=O)O)C(=O)C(N)C(C)C. The molecular formula is C10H20N2O3. The Kier molecular flexibility index (Phi) is 5.93. The summed E-state index contributed by atoms with van der Waals surface area (Å²) in [6.45, 7) is 5.74. The van der Waals surface area contributed by atoms with E-state index in [0.29, 0.717) is 6.54 Å². The minimum absolute atomic E-state index is 0.0191. The standard InChI is InChI=1S/C10H20N2O3/c1-4-5-12(6-8(13)14)10(15)9(11)7(2)3/h7,9H,4-6,11H2,1-3H3,(H,13,14). The highest BCUT2D eigenvalue weighted by Gasteiger charge is 2.24. The Morgan fingerprint density at radius 3 is 2.27 bits per heavy atom. The molecule has 0 saturated carbocycles. The molecule has 1 atom stereocenters. The van der Waals surface area contributed by atoms with Crippen molar-refractivity contribution in [1.29, 1.82) is 0 Å². The van der Waals surface area contributed by atoms with E-state index in [4.69, 9.17) is 10.8 Å². The van der Waals surface area contributed by atoms with Crippen LogP contribution < -0.4 is 5.73 Å². The molecule has 5 heteroatoms. The van der Waals surface area contributed by atoms with Crippen LogP contribution in [0.4, 0.5) is 0 Å². The smallest absolute Gasteiger partial charge is 0.323 e. The van der Waals surface area contributed by atoms with Crippen LogP contribution in [0.15, 0.2) is 0 Å². The molecule has 0 rings (SSSR count). The fourth-order valence-electron chi connectivity index (χ4n) is 1.20. The van der Waals surface area contributed by atoms with Gasteiger partial charge in [0.2, 0.25) is 5.91 Å². The molecule has 0 spiro atoms. The number of carboxylic acid groups (broad SMARTS) is 1. The van der Waals surface area contributed by atoms with Crippen molar-refractivity contribution in [3.05, 3.63) is 0 Å². The van der Waals surface area contributed by atoms with Crippen molar-refractivity contribution >= 4 is 11.9 Å². The monoisotopic (exact) mass is 216 g/mol. The third kappa shape index (κ3) is 4.78. The van der Waals surface area contributed by atoms with Crippen LogP contribution in [0.3, 0.4) is 0 Å². The first-order valence-corrected chi connectivity index (χ1v) is 5.16.